The van der Waals surface area contributed by atoms with Crippen molar-refractivity contribution in [1.82, 2.24) is 0 Å². The quantitative estimate of drug-likeness (QED) is 0.269. The molecule has 1 saturated carbocycles. The minimum atomic E-state index is -1.99. The second-order valence-corrected chi connectivity index (χ2v) is 4.81. The lowest BCUT2D eigenvalue weighted by molar-refractivity contribution is -0.346. The molecule has 5 N–H and O–H groups in total. The van der Waals surface area contributed by atoms with Gasteiger partial charge in [-0.25, -0.2) is 0 Å². The van der Waals surface area contributed by atoms with Crippen molar-refractivity contribution >= 4 is 11.8 Å². The van der Waals surface area contributed by atoms with E-state index in [-0.39, 0.29) is 6.61 Å². The maximum atomic E-state index is 9.92. The highest BCUT2D eigenvalue weighted by Gasteiger charge is 2.64. The number of aliphatic hydroxyl groups excluding tert-OH is 4. The molecular weight excluding hydrogens is 236 g/mol. The van der Waals surface area contributed by atoms with E-state index < -0.39 is 36.6 Å². The zero-order valence-electron chi connectivity index (χ0n) is 8.98. The molecule has 1 aliphatic rings. The van der Waals surface area contributed by atoms with E-state index in [1.54, 1.807) is 0 Å². The molecule has 1 fully saturated rings. The molecule has 0 spiro atoms. The molecule has 7 heteroatoms. The van der Waals surface area contributed by atoms with Gasteiger partial charge < -0.3 is 30.3 Å². The second kappa shape index (κ2) is 5.63. The van der Waals surface area contributed by atoms with Crippen molar-refractivity contribution in [3.05, 3.63) is 0 Å². The lowest BCUT2D eigenvalue weighted by Gasteiger charge is -2.54. The Morgan fingerprint density at radius 2 is 2.06 bits per heavy atom. The second-order valence-electron chi connectivity index (χ2n) is 3.83. The van der Waals surface area contributed by atoms with Crippen LogP contribution in [-0.4, -0.2) is 74.9 Å². The van der Waals surface area contributed by atoms with Gasteiger partial charge >= 0.3 is 0 Å². The lowest BCUT2D eigenvalue weighted by atomic mass is 9.64. The summed E-state index contributed by atoms with van der Waals surface area (Å²) < 4.78 is 4.94. The van der Waals surface area contributed by atoms with Gasteiger partial charge in [-0.05, 0) is 6.26 Å². The molecule has 0 aromatic rings. The van der Waals surface area contributed by atoms with Crippen LogP contribution in [0.1, 0.15) is 0 Å². The third-order valence-electron chi connectivity index (χ3n) is 2.96. The minimum absolute atomic E-state index is 0.214. The van der Waals surface area contributed by atoms with Crippen LogP contribution in [0.5, 0.6) is 0 Å². The molecule has 16 heavy (non-hydrogen) atoms. The summed E-state index contributed by atoms with van der Waals surface area (Å²) in [6, 6.07) is 0. The average Bonchev–Trinajstić information content (AvgIpc) is 2.28. The molecule has 0 heterocycles. The first-order valence-corrected chi connectivity index (χ1v) is 6.37. The SMILES string of the molecule is CSCCOC(O)C1(O)C(O)C(O)C1CO. The van der Waals surface area contributed by atoms with Crippen molar-refractivity contribution in [3.8, 4) is 0 Å². The Kier molecular flexibility index (Phi) is 4.99. The summed E-state index contributed by atoms with van der Waals surface area (Å²) in [5, 5.41) is 47.1. The summed E-state index contributed by atoms with van der Waals surface area (Å²) in [6.45, 7) is -0.316. The largest absolute Gasteiger partial charge is 0.396 e. The first-order valence-electron chi connectivity index (χ1n) is 4.98. The molecule has 0 amide bonds. The predicted octanol–water partition coefficient (Wildman–Crippen LogP) is -2.24. The highest BCUT2D eigenvalue weighted by Crippen LogP contribution is 2.41. The van der Waals surface area contributed by atoms with E-state index in [0.29, 0.717) is 5.75 Å². The Balaban J connectivity index is 2.55. The molecule has 6 nitrogen and oxygen atoms in total. The van der Waals surface area contributed by atoms with Gasteiger partial charge in [-0.15, -0.1) is 0 Å². The van der Waals surface area contributed by atoms with Gasteiger partial charge in [-0.1, -0.05) is 0 Å². The maximum Gasteiger partial charge on any atom is 0.186 e. The van der Waals surface area contributed by atoms with Crippen molar-refractivity contribution in [2.45, 2.75) is 24.1 Å². The van der Waals surface area contributed by atoms with Crippen molar-refractivity contribution < 1.29 is 30.3 Å². The van der Waals surface area contributed by atoms with Crippen molar-refractivity contribution in [2.75, 3.05) is 25.2 Å². The summed E-state index contributed by atoms with van der Waals surface area (Å²) >= 11 is 1.51. The number of rotatable bonds is 6. The Morgan fingerprint density at radius 1 is 1.44 bits per heavy atom. The Hall–Kier alpha value is 0.110. The number of hydrogen-bond acceptors (Lipinski definition) is 7. The number of aliphatic hydroxyl groups is 5. The monoisotopic (exact) mass is 254 g/mol. The first-order chi connectivity index (χ1) is 7.50. The van der Waals surface area contributed by atoms with Crippen molar-refractivity contribution in [2.24, 2.45) is 5.92 Å². The van der Waals surface area contributed by atoms with E-state index in [0.717, 1.165) is 0 Å². The smallest absolute Gasteiger partial charge is 0.186 e. The first kappa shape index (κ1) is 14.2. The number of hydrogen-bond donors (Lipinski definition) is 5. The van der Waals surface area contributed by atoms with Crippen LogP contribution in [-0.2, 0) is 4.74 Å². The molecule has 0 radical (unpaired) electrons. The molecular formula is C9H18O6S. The van der Waals surface area contributed by atoms with Gasteiger partial charge in [-0.2, -0.15) is 11.8 Å². The third kappa shape index (κ3) is 2.21. The molecule has 1 rings (SSSR count). The summed E-state index contributed by atoms with van der Waals surface area (Å²) in [7, 11) is 0. The molecule has 96 valence electrons. The summed E-state index contributed by atoms with van der Waals surface area (Å²) in [4.78, 5) is 0. The van der Waals surface area contributed by atoms with E-state index in [9.17, 15) is 20.4 Å². The Labute approximate surface area is 97.9 Å². The Morgan fingerprint density at radius 3 is 2.56 bits per heavy atom. The normalized spacial score (nSPS) is 40.5. The molecule has 0 aromatic heterocycles. The summed E-state index contributed by atoms with van der Waals surface area (Å²) in [5.74, 6) is -0.359. The highest BCUT2D eigenvalue weighted by molar-refractivity contribution is 7.98. The van der Waals surface area contributed by atoms with Gasteiger partial charge in [0.05, 0.1) is 19.3 Å². The molecule has 1 aliphatic carbocycles. The Bertz CT molecular complexity index is 228. The predicted molar refractivity (Wildman–Crippen MR) is 57.9 cm³/mol. The van der Waals surface area contributed by atoms with E-state index >= 15 is 0 Å². The van der Waals surface area contributed by atoms with Crippen LogP contribution in [0.4, 0.5) is 0 Å². The van der Waals surface area contributed by atoms with Crippen molar-refractivity contribution in [3.63, 3.8) is 0 Å². The van der Waals surface area contributed by atoms with Crippen molar-refractivity contribution in [1.29, 1.82) is 0 Å². The van der Waals surface area contributed by atoms with Gasteiger partial charge in [-0.3, -0.25) is 0 Å². The van der Waals surface area contributed by atoms with Crippen LogP contribution >= 0.6 is 11.8 Å². The zero-order valence-corrected chi connectivity index (χ0v) is 9.80. The fourth-order valence-electron chi connectivity index (χ4n) is 1.83. The third-order valence-corrected chi connectivity index (χ3v) is 3.53. The highest BCUT2D eigenvalue weighted by atomic mass is 32.2. The van der Waals surface area contributed by atoms with Crippen LogP contribution < -0.4 is 0 Å². The van der Waals surface area contributed by atoms with Crippen LogP contribution in [0.3, 0.4) is 0 Å². The molecule has 0 aromatic carbocycles. The molecule has 0 bridgehead atoms. The average molecular weight is 254 g/mol. The van der Waals surface area contributed by atoms with Crippen LogP contribution in [0.15, 0.2) is 0 Å². The van der Waals surface area contributed by atoms with Gasteiger partial charge in [0.15, 0.2) is 11.9 Å². The fraction of sp³-hybridized carbons (Fsp3) is 1.00. The topological polar surface area (TPSA) is 110 Å². The number of ether oxygens (including phenoxy) is 1. The van der Waals surface area contributed by atoms with Gasteiger partial charge in [0.2, 0.25) is 0 Å². The van der Waals surface area contributed by atoms with Gasteiger partial charge in [0.1, 0.15) is 6.10 Å². The van der Waals surface area contributed by atoms with E-state index in [2.05, 4.69) is 0 Å². The van der Waals surface area contributed by atoms with Crippen LogP contribution in [0.2, 0.25) is 0 Å². The lowest BCUT2D eigenvalue weighted by Crippen LogP contribution is -2.76. The van der Waals surface area contributed by atoms with Gasteiger partial charge in [0, 0.05) is 11.7 Å². The fourth-order valence-corrected chi connectivity index (χ4v) is 2.09. The van der Waals surface area contributed by atoms with E-state index in [1.165, 1.54) is 11.8 Å². The van der Waals surface area contributed by atoms with Gasteiger partial charge in [0.25, 0.3) is 0 Å². The molecule has 0 aliphatic heterocycles. The number of thioether (sulfide) groups is 1. The molecule has 5 unspecified atom stereocenters. The van der Waals surface area contributed by atoms with E-state index in [4.69, 9.17) is 9.84 Å². The minimum Gasteiger partial charge on any atom is -0.396 e. The zero-order chi connectivity index (χ0) is 12.3. The summed E-state index contributed by atoms with van der Waals surface area (Å²) in [6.07, 6.45) is -2.50. The standard InChI is InChI=1S/C9H18O6S/c1-16-3-2-15-8(13)9(14)5(4-10)6(11)7(9)12/h5-8,10-14H,2-4H2,1H3. The maximum absolute atomic E-state index is 9.92. The molecule has 5 atom stereocenters. The summed E-state index contributed by atoms with van der Waals surface area (Å²) in [5.41, 5.74) is -1.99. The molecule has 0 saturated heterocycles. The van der Waals surface area contributed by atoms with Crippen LogP contribution in [0, 0.1) is 5.92 Å². The van der Waals surface area contributed by atoms with Crippen LogP contribution in [0.25, 0.3) is 0 Å². The van der Waals surface area contributed by atoms with E-state index in [1.807, 2.05) is 6.26 Å².